The van der Waals surface area contributed by atoms with Gasteiger partial charge in [-0.3, -0.25) is 19.1 Å². The van der Waals surface area contributed by atoms with Crippen LogP contribution in [0, 0.1) is 5.92 Å². The van der Waals surface area contributed by atoms with Crippen LogP contribution in [0.5, 0.6) is 0 Å². The van der Waals surface area contributed by atoms with Gasteiger partial charge in [0.05, 0.1) is 17.5 Å². The van der Waals surface area contributed by atoms with E-state index in [1.165, 1.54) is 6.42 Å². The standard InChI is InChI=1S/C24H26N4O2/c1-16-9-5-7-13-19(16)28-23(30)21(15-22(29)25-17-10-3-2-4-11-17)27-20-14-8-6-12-18(20)26-24(27)28/h2-4,6,8,10-12,14,16,19,21H,5,7,9,13,15H2,1H3,(H,25,29)/t16-,19+,21-/m1/s1. The third-order valence-electron chi connectivity index (χ3n) is 6.46. The highest BCUT2D eigenvalue weighted by atomic mass is 16.2. The summed E-state index contributed by atoms with van der Waals surface area (Å²) in [5.74, 6) is 0.942. The molecule has 2 amide bonds. The van der Waals surface area contributed by atoms with E-state index in [0.717, 1.165) is 36.0 Å². The van der Waals surface area contributed by atoms with Crippen molar-refractivity contribution in [3.63, 3.8) is 0 Å². The molecule has 0 unspecified atom stereocenters. The molecule has 1 aliphatic heterocycles. The number of aromatic nitrogens is 2. The fraction of sp³-hybridized carbons (Fsp3) is 0.375. The third kappa shape index (κ3) is 3.16. The number of carbonyl (C=O) groups excluding carboxylic acids is 2. The molecular weight excluding hydrogens is 376 g/mol. The number of fused-ring (bicyclic) bond motifs is 3. The molecular formula is C24H26N4O2. The first-order valence-corrected chi connectivity index (χ1v) is 10.8. The molecule has 0 bridgehead atoms. The third-order valence-corrected chi connectivity index (χ3v) is 6.46. The minimum absolute atomic E-state index is 0.00906. The van der Waals surface area contributed by atoms with Gasteiger partial charge < -0.3 is 5.32 Å². The Kier molecular flexibility index (Phi) is 4.77. The quantitative estimate of drug-likeness (QED) is 0.697. The van der Waals surface area contributed by atoms with Gasteiger partial charge in [0.25, 0.3) is 5.91 Å². The molecule has 0 radical (unpaired) electrons. The van der Waals surface area contributed by atoms with Crippen molar-refractivity contribution in [3.05, 3.63) is 54.6 Å². The van der Waals surface area contributed by atoms with E-state index < -0.39 is 6.04 Å². The van der Waals surface area contributed by atoms with Gasteiger partial charge in [0.15, 0.2) is 0 Å². The first kappa shape index (κ1) is 18.9. The van der Waals surface area contributed by atoms with Gasteiger partial charge in [-0.05, 0) is 43.0 Å². The number of carbonyl (C=O) groups is 2. The zero-order valence-corrected chi connectivity index (χ0v) is 17.1. The van der Waals surface area contributed by atoms with Gasteiger partial charge in [-0.15, -0.1) is 0 Å². The number of hydrogen-bond donors (Lipinski definition) is 1. The maximum atomic E-state index is 13.6. The van der Waals surface area contributed by atoms with E-state index in [0.29, 0.717) is 11.9 Å². The zero-order valence-electron chi connectivity index (χ0n) is 17.1. The highest BCUT2D eigenvalue weighted by Crippen LogP contribution is 2.41. The molecule has 5 rings (SSSR count). The lowest BCUT2D eigenvalue weighted by Crippen LogP contribution is -2.44. The summed E-state index contributed by atoms with van der Waals surface area (Å²) in [5, 5.41) is 2.92. The summed E-state index contributed by atoms with van der Waals surface area (Å²) >= 11 is 0. The van der Waals surface area contributed by atoms with E-state index in [1.54, 1.807) is 0 Å². The smallest absolute Gasteiger partial charge is 0.253 e. The number of imidazole rings is 1. The predicted octanol–water partition coefficient (Wildman–Crippen LogP) is 4.53. The number of benzene rings is 2. The Labute approximate surface area is 175 Å². The van der Waals surface area contributed by atoms with Crippen LogP contribution >= 0.6 is 0 Å². The second-order valence-electron chi connectivity index (χ2n) is 8.44. The number of hydrogen-bond acceptors (Lipinski definition) is 3. The van der Waals surface area contributed by atoms with E-state index in [1.807, 2.05) is 64.1 Å². The second kappa shape index (κ2) is 7.59. The van der Waals surface area contributed by atoms with Crippen LogP contribution in [-0.2, 0) is 9.59 Å². The zero-order chi connectivity index (χ0) is 20.7. The Balaban J connectivity index is 1.50. The van der Waals surface area contributed by atoms with Gasteiger partial charge in [0.2, 0.25) is 11.9 Å². The normalized spacial score (nSPS) is 23.6. The van der Waals surface area contributed by atoms with Crippen LogP contribution in [0.15, 0.2) is 54.6 Å². The molecule has 3 atom stereocenters. The van der Waals surface area contributed by atoms with Crippen molar-refractivity contribution in [2.45, 2.75) is 51.1 Å². The van der Waals surface area contributed by atoms with Crippen molar-refractivity contribution in [2.75, 3.05) is 10.2 Å². The van der Waals surface area contributed by atoms with E-state index in [4.69, 9.17) is 4.98 Å². The highest BCUT2D eigenvalue weighted by Gasteiger charge is 2.45. The number of rotatable bonds is 4. The summed E-state index contributed by atoms with van der Waals surface area (Å²) in [6.45, 7) is 2.22. The van der Waals surface area contributed by atoms with Gasteiger partial charge in [0.1, 0.15) is 6.04 Å². The molecule has 6 nitrogen and oxygen atoms in total. The van der Waals surface area contributed by atoms with Crippen molar-refractivity contribution in [2.24, 2.45) is 5.92 Å². The Morgan fingerprint density at radius 1 is 1.07 bits per heavy atom. The topological polar surface area (TPSA) is 67.2 Å². The molecule has 1 aliphatic carbocycles. The summed E-state index contributed by atoms with van der Waals surface area (Å²) in [6, 6.07) is 16.8. The van der Waals surface area contributed by atoms with E-state index >= 15 is 0 Å². The van der Waals surface area contributed by atoms with Crippen LogP contribution < -0.4 is 10.2 Å². The van der Waals surface area contributed by atoms with Gasteiger partial charge in [-0.25, -0.2) is 4.98 Å². The number of anilines is 2. The molecule has 30 heavy (non-hydrogen) atoms. The maximum Gasteiger partial charge on any atom is 0.253 e. The Morgan fingerprint density at radius 3 is 2.60 bits per heavy atom. The van der Waals surface area contributed by atoms with Gasteiger partial charge >= 0.3 is 0 Å². The van der Waals surface area contributed by atoms with E-state index in [-0.39, 0.29) is 24.3 Å². The molecule has 2 aliphatic rings. The van der Waals surface area contributed by atoms with Gasteiger partial charge in [-0.2, -0.15) is 0 Å². The van der Waals surface area contributed by atoms with Crippen molar-refractivity contribution >= 4 is 34.5 Å². The Bertz CT molecular complexity index is 1090. The average Bonchev–Trinajstić information content (AvgIpc) is 3.24. The van der Waals surface area contributed by atoms with Crippen molar-refractivity contribution in [1.82, 2.24) is 9.55 Å². The predicted molar refractivity (Wildman–Crippen MR) is 117 cm³/mol. The van der Waals surface area contributed by atoms with Crippen LogP contribution in [0.4, 0.5) is 11.6 Å². The van der Waals surface area contributed by atoms with Crippen LogP contribution in [0.3, 0.4) is 0 Å². The molecule has 1 N–H and O–H groups in total. The average molecular weight is 402 g/mol. The lowest BCUT2D eigenvalue weighted by atomic mass is 9.85. The van der Waals surface area contributed by atoms with Gasteiger partial charge in [0, 0.05) is 11.7 Å². The summed E-state index contributed by atoms with van der Waals surface area (Å²) in [5.41, 5.74) is 2.51. The van der Waals surface area contributed by atoms with Crippen LogP contribution in [-0.4, -0.2) is 27.4 Å². The molecule has 1 fully saturated rings. The summed E-state index contributed by atoms with van der Waals surface area (Å²) in [4.78, 5) is 33.1. The molecule has 0 spiro atoms. The molecule has 1 aromatic heterocycles. The maximum absolute atomic E-state index is 13.6. The SMILES string of the molecule is C[C@@H]1CCCC[C@@H]1N1C(=O)[C@@H](CC(=O)Nc2ccccc2)n2c1nc1ccccc12. The fourth-order valence-electron chi connectivity index (χ4n) is 4.96. The van der Waals surface area contributed by atoms with Crippen LogP contribution in [0.25, 0.3) is 11.0 Å². The van der Waals surface area contributed by atoms with Crippen molar-refractivity contribution < 1.29 is 9.59 Å². The number of para-hydroxylation sites is 3. The monoisotopic (exact) mass is 402 g/mol. The van der Waals surface area contributed by atoms with Crippen molar-refractivity contribution in [1.29, 1.82) is 0 Å². The highest BCUT2D eigenvalue weighted by molar-refractivity contribution is 6.05. The molecule has 6 heteroatoms. The number of nitrogens with one attached hydrogen (secondary N) is 1. The van der Waals surface area contributed by atoms with Crippen LogP contribution in [0.2, 0.25) is 0 Å². The summed E-state index contributed by atoms with van der Waals surface area (Å²) in [6.07, 6.45) is 4.53. The molecule has 154 valence electrons. The first-order chi connectivity index (χ1) is 14.6. The minimum atomic E-state index is -0.565. The Hall–Kier alpha value is -3.15. The van der Waals surface area contributed by atoms with Gasteiger partial charge in [-0.1, -0.05) is 50.1 Å². The van der Waals surface area contributed by atoms with Crippen molar-refractivity contribution in [3.8, 4) is 0 Å². The molecule has 2 aromatic carbocycles. The lowest BCUT2D eigenvalue weighted by molar-refractivity contribution is -0.125. The summed E-state index contributed by atoms with van der Waals surface area (Å²) < 4.78 is 1.98. The lowest BCUT2D eigenvalue weighted by Gasteiger charge is -2.35. The summed E-state index contributed by atoms with van der Waals surface area (Å²) in [7, 11) is 0. The number of amides is 2. The number of nitrogens with zero attached hydrogens (tertiary/aromatic N) is 3. The second-order valence-corrected chi connectivity index (χ2v) is 8.44. The largest absolute Gasteiger partial charge is 0.326 e. The molecule has 1 saturated carbocycles. The van der Waals surface area contributed by atoms with E-state index in [2.05, 4.69) is 12.2 Å². The molecule has 0 saturated heterocycles. The molecule has 2 heterocycles. The minimum Gasteiger partial charge on any atom is -0.326 e. The molecule has 3 aromatic rings. The first-order valence-electron chi connectivity index (χ1n) is 10.8. The Morgan fingerprint density at radius 2 is 1.80 bits per heavy atom. The van der Waals surface area contributed by atoms with E-state index in [9.17, 15) is 9.59 Å². The fourth-order valence-corrected chi connectivity index (χ4v) is 4.96. The van der Waals surface area contributed by atoms with Crippen LogP contribution in [0.1, 0.15) is 45.1 Å².